The molecule has 0 radical (unpaired) electrons. The Morgan fingerprint density at radius 3 is 2.21 bits per heavy atom. The molecule has 9 heteroatoms. The van der Waals surface area contributed by atoms with Crippen molar-refractivity contribution in [3.63, 3.8) is 0 Å². The molecule has 0 spiro atoms. The molecule has 0 unspecified atom stereocenters. The van der Waals surface area contributed by atoms with Crippen molar-refractivity contribution >= 4 is 21.4 Å². The van der Waals surface area contributed by atoms with E-state index in [9.17, 15) is 18.5 Å². The zero-order valence-electron chi connectivity index (χ0n) is 17.2. The van der Waals surface area contributed by atoms with Gasteiger partial charge in [-0.1, -0.05) is 44.2 Å². The third-order valence-electron chi connectivity index (χ3n) is 4.80. The summed E-state index contributed by atoms with van der Waals surface area (Å²) in [4.78, 5) is 13.0. The highest BCUT2D eigenvalue weighted by Crippen LogP contribution is 2.30. The van der Waals surface area contributed by atoms with Crippen molar-refractivity contribution in [3.05, 3.63) is 64.2 Å². The van der Waals surface area contributed by atoms with Gasteiger partial charge in [-0.25, -0.2) is 8.42 Å². The summed E-state index contributed by atoms with van der Waals surface area (Å²) in [7, 11) is 0.107. The third kappa shape index (κ3) is 5.31. The number of hydrogen-bond acceptors (Lipinski definition) is 6. The van der Waals surface area contributed by atoms with E-state index in [1.165, 1.54) is 16.4 Å². The third-order valence-corrected chi connectivity index (χ3v) is 6.85. The van der Waals surface area contributed by atoms with Gasteiger partial charge in [0.15, 0.2) is 0 Å². The van der Waals surface area contributed by atoms with Crippen LogP contribution in [0.3, 0.4) is 0 Å². The van der Waals surface area contributed by atoms with Crippen molar-refractivity contribution in [1.29, 1.82) is 0 Å². The number of nitro groups is 1. The Bertz CT molecular complexity index is 929. The molecule has 1 atom stereocenters. The molecule has 2 aromatic rings. The van der Waals surface area contributed by atoms with Gasteiger partial charge in [0.2, 0.25) is 10.0 Å². The Morgan fingerprint density at radius 2 is 1.69 bits per heavy atom. The summed E-state index contributed by atoms with van der Waals surface area (Å²) in [5.41, 5.74) is 1.11. The molecule has 0 aliphatic carbocycles. The molecule has 29 heavy (non-hydrogen) atoms. The Kier molecular flexibility index (Phi) is 7.72. The van der Waals surface area contributed by atoms with Crippen LogP contribution in [0, 0.1) is 10.1 Å². The van der Waals surface area contributed by atoms with E-state index in [1.54, 1.807) is 13.8 Å². The average molecular weight is 421 g/mol. The molecule has 0 aliphatic rings. The van der Waals surface area contributed by atoms with Crippen molar-refractivity contribution in [3.8, 4) is 0 Å². The van der Waals surface area contributed by atoms with E-state index in [2.05, 4.69) is 5.32 Å². The molecule has 8 nitrogen and oxygen atoms in total. The van der Waals surface area contributed by atoms with Gasteiger partial charge >= 0.3 is 0 Å². The highest BCUT2D eigenvalue weighted by atomic mass is 32.2. The highest BCUT2D eigenvalue weighted by Gasteiger charge is 2.26. The van der Waals surface area contributed by atoms with Gasteiger partial charge in [-0.2, -0.15) is 4.31 Å². The van der Waals surface area contributed by atoms with Gasteiger partial charge < -0.3 is 10.2 Å². The van der Waals surface area contributed by atoms with Crippen LogP contribution in [0.25, 0.3) is 0 Å². The summed E-state index contributed by atoms with van der Waals surface area (Å²) in [6.45, 7) is 4.50. The summed E-state index contributed by atoms with van der Waals surface area (Å²) in [5, 5.41) is 14.7. The monoisotopic (exact) mass is 420 g/mol. The first-order chi connectivity index (χ1) is 13.7. The minimum atomic E-state index is -3.77. The van der Waals surface area contributed by atoms with E-state index in [0.717, 1.165) is 11.6 Å². The second-order valence-corrected chi connectivity index (χ2v) is 8.73. The standard InChI is InChI=1S/C20H28N4O4S/c1-5-23(6-2)29(27,28)17-12-13-18(19(14-17)24(25)26)21-15-20(22(3)4)16-10-8-7-9-11-16/h7-14,20-21H,5-6,15H2,1-4H3/t20-/m0/s1. The Hall–Kier alpha value is -2.49. The molecule has 2 rings (SSSR count). The predicted molar refractivity (Wildman–Crippen MR) is 115 cm³/mol. The van der Waals surface area contributed by atoms with Crippen LogP contribution >= 0.6 is 0 Å². The summed E-state index contributed by atoms with van der Waals surface area (Å²) < 4.78 is 26.7. The first kappa shape index (κ1) is 22.8. The van der Waals surface area contributed by atoms with Crippen molar-refractivity contribution < 1.29 is 13.3 Å². The molecule has 0 heterocycles. The minimum absolute atomic E-state index is 0.00473. The molecular formula is C20H28N4O4S. The zero-order valence-corrected chi connectivity index (χ0v) is 18.0. The van der Waals surface area contributed by atoms with Crippen LogP contribution in [-0.4, -0.2) is 56.3 Å². The number of hydrogen-bond donors (Lipinski definition) is 1. The average Bonchev–Trinajstić information content (AvgIpc) is 2.69. The van der Waals surface area contributed by atoms with Gasteiger partial charge in [0.1, 0.15) is 5.69 Å². The van der Waals surface area contributed by atoms with Crippen LogP contribution in [0.5, 0.6) is 0 Å². The van der Waals surface area contributed by atoms with Crippen molar-refractivity contribution in [2.24, 2.45) is 0 Å². The first-order valence-corrected chi connectivity index (χ1v) is 10.9. The number of benzene rings is 2. The lowest BCUT2D eigenvalue weighted by molar-refractivity contribution is -0.384. The van der Waals surface area contributed by atoms with Gasteiger partial charge in [0, 0.05) is 25.7 Å². The zero-order chi connectivity index (χ0) is 21.6. The van der Waals surface area contributed by atoms with Crippen LogP contribution in [0.1, 0.15) is 25.5 Å². The lowest BCUT2D eigenvalue weighted by Gasteiger charge is -2.25. The second kappa shape index (κ2) is 9.82. The van der Waals surface area contributed by atoms with E-state index in [0.29, 0.717) is 19.6 Å². The summed E-state index contributed by atoms with van der Waals surface area (Å²) in [6.07, 6.45) is 0. The lowest BCUT2D eigenvalue weighted by atomic mass is 10.1. The van der Waals surface area contributed by atoms with Crippen LogP contribution in [0.2, 0.25) is 0 Å². The first-order valence-electron chi connectivity index (χ1n) is 9.46. The minimum Gasteiger partial charge on any atom is -0.378 e. The van der Waals surface area contributed by atoms with Crippen LogP contribution in [0.4, 0.5) is 11.4 Å². The molecule has 158 valence electrons. The predicted octanol–water partition coefficient (Wildman–Crippen LogP) is 3.34. The smallest absolute Gasteiger partial charge is 0.293 e. The topological polar surface area (TPSA) is 95.8 Å². The number of anilines is 1. The van der Waals surface area contributed by atoms with E-state index in [-0.39, 0.29) is 22.3 Å². The molecule has 0 aliphatic heterocycles. The second-order valence-electron chi connectivity index (χ2n) is 6.80. The number of nitrogens with one attached hydrogen (secondary N) is 1. The molecule has 0 aromatic heterocycles. The fourth-order valence-corrected chi connectivity index (χ4v) is 4.64. The van der Waals surface area contributed by atoms with Crippen molar-refractivity contribution in [2.75, 3.05) is 39.0 Å². The maximum Gasteiger partial charge on any atom is 0.293 e. The van der Waals surface area contributed by atoms with Crippen molar-refractivity contribution in [1.82, 2.24) is 9.21 Å². The summed E-state index contributed by atoms with van der Waals surface area (Å²) in [5.74, 6) is 0. The number of nitrogens with zero attached hydrogens (tertiary/aromatic N) is 3. The maximum absolute atomic E-state index is 12.7. The van der Waals surface area contributed by atoms with Gasteiger partial charge in [-0.05, 0) is 31.8 Å². The number of sulfonamides is 1. The quantitative estimate of drug-likeness (QED) is 0.468. The number of nitro benzene ring substituents is 1. The van der Waals surface area contributed by atoms with Gasteiger partial charge in [0.05, 0.1) is 15.9 Å². The van der Waals surface area contributed by atoms with Gasteiger partial charge in [0.25, 0.3) is 5.69 Å². The fourth-order valence-electron chi connectivity index (χ4n) is 3.17. The molecule has 0 saturated heterocycles. The van der Waals surface area contributed by atoms with E-state index >= 15 is 0 Å². The Labute approximate surface area is 172 Å². The van der Waals surface area contributed by atoms with E-state index in [1.807, 2.05) is 49.3 Å². The van der Waals surface area contributed by atoms with Crippen LogP contribution < -0.4 is 5.32 Å². The fraction of sp³-hybridized carbons (Fsp3) is 0.400. The molecular weight excluding hydrogens is 392 g/mol. The number of likely N-dealkylation sites (N-methyl/N-ethyl adjacent to an activating group) is 1. The van der Waals surface area contributed by atoms with Crippen molar-refractivity contribution in [2.45, 2.75) is 24.8 Å². The highest BCUT2D eigenvalue weighted by molar-refractivity contribution is 7.89. The molecule has 0 saturated carbocycles. The Morgan fingerprint density at radius 1 is 1.07 bits per heavy atom. The maximum atomic E-state index is 12.7. The largest absolute Gasteiger partial charge is 0.378 e. The molecule has 0 bridgehead atoms. The van der Waals surface area contributed by atoms with E-state index in [4.69, 9.17) is 0 Å². The normalized spacial score (nSPS) is 12.9. The van der Waals surface area contributed by atoms with Crippen LogP contribution in [0.15, 0.2) is 53.4 Å². The summed E-state index contributed by atoms with van der Waals surface area (Å²) in [6, 6.07) is 13.8. The Balaban J connectivity index is 2.33. The summed E-state index contributed by atoms with van der Waals surface area (Å²) >= 11 is 0. The molecule has 0 fully saturated rings. The van der Waals surface area contributed by atoms with Crippen LogP contribution in [-0.2, 0) is 10.0 Å². The SMILES string of the molecule is CCN(CC)S(=O)(=O)c1ccc(NC[C@@H](c2ccccc2)N(C)C)c([N+](=O)[O-])c1. The van der Waals surface area contributed by atoms with Gasteiger partial charge in [-0.3, -0.25) is 10.1 Å². The van der Waals surface area contributed by atoms with E-state index < -0.39 is 14.9 Å². The van der Waals surface area contributed by atoms with Gasteiger partial charge in [-0.15, -0.1) is 0 Å². The number of rotatable bonds is 10. The molecule has 0 amide bonds. The molecule has 2 aromatic carbocycles. The lowest BCUT2D eigenvalue weighted by Crippen LogP contribution is -2.30. The molecule has 1 N–H and O–H groups in total.